The van der Waals surface area contributed by atoms with Gasteiger partial charge in [-0.15, -0.1) is 0 Å². The van der Waals surface area contributed by atoms with E-state index in [2.05, 4.69) is 60.9 Å². The molecule has 0 fully saturated rings. The number of benzene rings is 3. The zero-order chi connectivity index (χ0) is 25.3. The highest BCUT2D eigenvalue weighted by molar-refractivity contribution is 6.10. The molecule has 0 spiro atoms. The first-order valence-corrected chi connectivity index (χ1v) is 12.8. The fraction of sp³-hybridized carbons (Fsp3) is 0.200. The van der Waals surface area contributed by atoms with Crippen LogP contribution in [-0.4, -0.2) is 28.7 Å². The summed E-state index contributed by atoms with van der Waals surface area (Å²) in [5, 5.41) is 2.87. The highest BCUT2D eigenvalue weighted by Crippen LogP contribution is 2.34. The first kappa shape index (κ1) is 21.7. The number of rotatable bonds is 4. The Morgan fingerprint density at radius 2 is 1.57 bits per heavy atom. The quantitative estimate of drug-likeness (QED) is 0.289. The van der Waals surface area contributed by atoms with Gasteiger partial charge in [0.1, 0.15) is 17.2 Å². The van der Waals surface area contributed by atoms with Crippen LogP contribution in [0.2, 0.25) is 0 Å². The number of aromatic nitrogens is 6. The smallest absolute Gasteiger partial charge is 0.265 e. The van der Waals surface area contributed by atoms with Crippen LogP contribution in [0.15, 0.2) is 77.9 Å². The summed E-state index contributed by atoms with van der Waals surface area (Å²) in [5.41, 5.74) is 6.54. The average Bonchev–Trinajstić information content (AvgIpc) is 3.43. The molecule has 0 saturated carbocycles. The molecule has 0 saturated heterocycles. The predicted molar refractivity (Wildman–Crippen MR) is 150 cm³/mol. The van der Waals surface area contributed by atoms with Gasteiger partial charge in [0.25, 0.3) is 5.56 Å². The molecule has 0 aliphatic rings. The molecule has 37 heavy (non-hydrogen) atoms. The molecule has 7 aromatic rings. The Bertz CT molecular complexity index is 2060. The van der Waals surface area contributed by atoms with Crippen LogP contribution in [0.3, 0.4) is 0 Å². The molecule has 0 aliphatic heterocycles. The number of fused-ring (bicyclic) bond motifs is 7. The van der Waals surface area contributed by atoms with Crippen LogP contribution in [-0.2, 0) is 6.54 Å². The minimum atomic E-state index is -0.0867. The van der Waals surface area contributed by atoms with Crippen LogP contribution >= 0.6 is 0 Å². The van der Waals surface area contributed by atoms with Gasteiger partial charge < -0.3 is 4.57 Å². The van der Waals surface area contributed by atoms with Crippen LogP contribution in [0.5, 0.6) is 0 Å². The summed E-state index contributed by atoms with van der Waals surface area (Å²) >= 11 is 0. The number of para-hydroxylation sites is 3. The van der Waals surface area contributed by atoms with Gasteiger partial charge in [0.15, 0.2) is 11.3 Å². The lowest BCUT2D eigenvalue weighted by Gasteiger charge is -2.12. The van der Waals surface area contributed by atoms with Gasteiger partial charge in [-0.05, 0) is 56.7 Å². The maximum atomic E-state index is 13.8. The second kappa shape index (κ2) is 8.00. The molecule has 4 aromatic heterocycles. The van der Waals surface area contributed by atoms with Crippen molar-refractivity contribution in [3.8, 4) is 5.69 Å². The van der Waals surface area contributed by atoms with E-state index >= 15 is 0 Å². The van der Waals surface area contributed by atoms with Crippen molar-refractivity contribution in [2.75, 3.05) is 0 Å². The van der Waals surface area contributed by atoms with Gasteiger partial charge in [0.2, 0.25) is 0 Å². The van der Waals surface area contributed by atoms with E-state index in [-0.39, 0.29) is 11.6 Å². The van der Waals surface area contributed by atoms with Crippen molar-refractivity contribution in [1.82, 2.24) is 28.7 Å². The molecular weight excluding hydrogens is 460 g/mol. The van der Waals surface area contributed by atoms with E-state index < -0.39 is 0 Å². The highest BCUT2D eigenvalue weighted by Gasteiger charge is 2.22. The third-order valence-corrected chi connectivity index (χ3v) is 7.59. The minimum absolute atomic E-state index is 0.0349. The van der Waals surface area contributed by atoms with E-state index in [1.54, 1.807) is 10.9 Å². The fourth-order valence-electron chi connectivity index (χ4n) is 5.53. The first-order valence-electron chi connectivity index (χ1n) is 12.8. The zero-order valence-corrected chi connectivity index (χ0v) is 21.0. The molecule has 182 valence electrons. The van der Waals surface area contributed by atoms with Gasteiger partial charge in [-0.2, -0.15) is 0 Å². The normalized spacial score (nSPS) is 12.9. The molecule has 0 aliphatic carbocycles. The lowest BCUT2D eigenvalue weighted by Crippen LogP contribution is -2.23. The number of nitrogens with zero attached hydrogens (tertiary/aromatic N) is 6. The van der Waals surface area contributed by atoms with Crippen molar-refractivity contribution in [3.05, 3.63) is 83.4 Å². The Balaban J connectivity index is 1.63. The molecule has 0 radical (unpaired) electrons. The standard InChI is InChI=1S/C30H26N6O/c1-4-18(3)35-17-31-28-26(30(35)37)27-29(33-23-12-8-7-11-22(23)32-27)36(28)19-14-15-25-21(16-19)20-10-6-9-13-24(20)34(25)5-2/h6-18H,4-5H2,1-3H3/t18-/m0/s1. The molecule has 0 bridgehead atoms. The topological polar surface area (TPSA) is 70.5 Å². The summed E-state index contributed by atoms with van der Waals surface area (Å²) in [4.78, 5) is 28.5. The Morgan fingerprint density at radius 1 is 0.838 bits per heavy atom. The first-order chi connectivity index (χ1) is 18.1. The maximum absolute atomic E-state index is 13.8. The number of hydrogen-bond donors (Lipinski definition) is 0. The second-order valence-electron chi connectivity index (χ2n) is 9.60. The Hall–Kier alpha value is -4.52. The third-order valence-electron chi connectivity index (χ3n) is 7.59. The van der Waals surface area contributed by atoms with Crippen molar-refractivity contribution < 1.29 is 0 Å². The number of hydrogen-bond acceptors (Lipinski definition) is 4. The minimum Gasteiger partial charge on any atom is -0.341 e. The van der Waals surface area contributed by atoms with Crippen molar-refractivity contribution in [2.24, 2.45) is 0 Å². The lowest BCUT2D eigenvalue weighted by atomic mass is 10.1. The SMILES string of the molecule is CC[C@H](C)n1cnc2c(c1=O)c1nc3ccccc3nc1n2-c1ccc2c(c1)c1ccccc1n2CC. The molecule has 0 amide bonds. The van der Waals surface area contributed by atoms with Crippen LogP contribution in [0.4, 0.5) is 0 Å². The summed E-state index contributed by atoms with van der Waals surface area (Å²) in [7, 11) is 0. The van der Waals surface area contributed by atoms with E-state index in [9.17, 15) is 4.79 Å². The van der Waals surface area contributed by atoms with Gasteiger partial charge >= 0.3 is 0 Å². The molecule has 3 aromatic carbocycles. The zero-order valence-electron chi connectivity index (χ0n) is 21.0. The Kier molecular flexibility index (Phi) is 4.70. The molecule has 1 atom stereocenters. The van der Waals surface area contributed by atoms with Gasteiger partial charge in [-0.1, -0.05) is 37.3 Å². The van der Waals surface area contributed by atoms with Gasteiger partial charge in [-0.25, -0.2) is 15.0 Å². The average molecular weight is 487 g/mol. The molecule has 7 nitrogen and oxygen atoms in total. The molecule has 0 N–H and O–H groups in total. The van der Waals surface area contributed by atoms with E-state index in [0.717, 1.165) is 35.1 Å². The summed E-state index contributed by atoms with van der Waals surface area (Å²) in [5.74, 6) is 0. The third kappa shape index (κ3) is 3.00. The lowest BCUT2D eigenvalue weighted by molar-refractivity contribution is 0.510. The van der Waals surface area contributed by atoms with Gasteiger partial charge in [0.05, 0.1) is 11.0 Å². The van der Waals surface area contributed by atoms with Crippen molar-refractivity contribution in [2.45, 2.75) is 39.8 Å². The van der Waals surface area contributed by atoms with E-state index in [4.69, 9.17) is 15.0 Å². The maximum Gasteiger partial charge on any atom is 0.265 e. The Labute approximate surface area is 212 Å². The largest absolute Gasteiger partial charge is 0.341 e. The van der Waals surface area contributed by atoms with Crippen LogP contribution < -0.4 is 5.56 Å². The Morgan fingerprint density at radius 3 is 2.35 bits per heavy atom. The number of aryl methyl sites for hydroxylation is 1. The van der Waals surface area contributed by atoms with Crippen molar-refractivity contribution >= 4 is 55.0 Å². The van der Waals surface area contributed by atoms with Crippen LogP contribution in [0, 0.1) is 0 Å². The van der Waals surface area contributed by atoms with Crippen molar-refractivity contribution in [1.29, 1.82) is 0 Å². The molecule has 7 heteroatoms. The van der Waals surface area contributed by atoms with Crippen LogP contribution in [0.25, 0.3) is 60.7 Å². The van der Waals surface area contributed by atoms with E-state index in [1.807, 2.05) is 35.8 Å². The van der Waals surface area contributed by atoms with E-state index in [1.165, 1.54) is 16.4 Å². The summed E-state index contributed by atoms with van der Waals surface area (Å²) in [6.07, 6.45) is 2.49. The molecular formula is C30H26N6O. The predicted octanol–water partition coefficient (Wildman–Crippen LogP) is 6.38. The molecule has 7 rings (SSSR count). The highest BCUT2D eigenvalue weighted by atomic mass is 16.1. The summed E-state index contributed by atoms with van der Waals surface area (Å²) < 4.78 is 6.03. The monoisotopic (exact) mass is 486 g/mol. The summed E-state index contributed by atoms with van der Waals surface area (Å²) in [6, 6.07) is 22.7. The fourth-order valence-corrected chi connectivity index (χ4v) is 5.53. The molecule has 0 unspecified atom stereocenters. The second-order valence-corrected chi connectivity index (χ2v) is 9.60. The van der Waals surface area contributed by atoms with Gasteiger partial charge in [0, 0.05) is 40.1 Å². The van der Waals surface area contributed by atoms with Crippen molar-refractivity contribution in [3.63, 3.8) is 0 Å². The van der Waals surface area contributed by atoms with E-state index in [0.29, 0.717) is 22.2 Å². The molecule has 4 heterocycles. The van der Waals surface area contributed by atoms with Gasteiger partial charge in [-0.3, -0.25) is 13.9 Å². The summed E-state index contributed by atoms with van der Waals surface area (Å²) in [6.45, 7) is 7.15. The van der Waals surface area contributed by atoms with Crippen LogP contribution in [0.1, 0.15) is 33.2 Å².